The van der Waals surface area contributed by atoms with E-state index < -0.39 is 0 Å². The summed E-state index contributed by atoms with van der Waals surface area (Å²) in [7, 11) is 0. The first-order valence-corrected chi connectivity index (χ1v) is 8.41. The summed E-state index contributed by atoms with van der Waals surface area (Å²) >= 11 is 2.00. The van der Waals surface area contributed by atoms with Gasteiger partial charge in [-0.15, -0.1) is 11.8 Å². The molecule has 2 heterocycles. The van der Waals surface area contributed by atoms with Gasteiger partial charge in [-0.2, -0.15) is 5.26 Å². The molecule has 0 radical (unpaired) electrons. The Hall–Kier alpha value is -1.47. The Labute approximate surface area is 130 Å². The van der Waals surface area contributed by atoms with Crippen molar-refractivity contribution in [2.45, 2.75) is 50.8 Å². The first-order chi connectivity index (χ1) is 9.85. The summed E-state index contributed by atoms with van der Waals surface area (Å²) in [6.45, 7) is 8.97. The van der Waals surface area contributed by atoms with Crippen molar-refractivity contribution in [3.05, 3.63) is 29.6 Å². The number of hydrogen-bond donors (Lipinski definition) is 0. The number of benzene rings is 1. The monoisotopic (exact) mass is 299 g/mol. The van der Waals surface area contributed by atoms with E-state index in [1.807, 2.05) is 30.0 Å². The van der Waals surface area contributed by atoms with Crippen LogP contribution in [-0.4, -0.2) is 15.3 Å². The number of hydrogen-bond acceptors (Lipinski definition) is 3. The second kappa shape index (κ2) is 4.78. The van der Waals surface area contributed by atoms with Crippen LogP contribution in [0, 0.1) is 11.3 Å². The third kappa shape index (κ3) is 2.34. The molecule has 2 aromatic rings. The highest BCUT2D eigenvalue weighted by Gasteiger charge is 2.38. The van der Waals surface area contributed by atoms with E-state index in [0.717, 1.165) is 16.9 Å². The van der Waals surface area contributed by atoms with Crippen LogP contribution in [-0.2, 0) is 10.3 Å². The Kier molecular flexibility index (Phi) is 3.29. The topological polar surface area (TPSA) is 41.6 Å². The van der Waals surface area contributed by atoms with Gasteiger partial charge >= 0.3 is 0 Å². The number of rotatable bonds is 1. The van der Waals surface area contributed by atoms with Gasteiger partial charge in [0.2, 0.25) is 0 Å². The molecular formula is C17H21N3S. The van der Waals surface area contributed by atoms with Crippen LogP contribution in [0.5, 0.6) is 0 Å². The first-order valence-electron chi connectivity index (χ1n) is 7.43. The average molecular weight is 299 g/mol. The van der Waals surface area contributed by atoms with Crippen LogP contribution in [0.2, 0.25) is 0 Å². The van der Waals surface area contributed by atoms with Gasteiger partial charge in [-0.05, 0) is 64.5 Å². The summed E-state index contributed by atoms with van der Waals surface area (Å²) in [5.74, 6) is 2.36. The summed E-state index contributed by atoms with van der Waals surface area (Å²) in [5, 5.41) is 9.11. The van der Waals surface area contributed by atoms with Crippen LogP contribution < -0.4 is 0 Å². The molecule has 4 heteroatoms. The van der Waals surface area contributed by atoms with Gasteiger partial charge in [-0.1, -0.05) is 0 Å². The third-order valence-electron chi connectivity index (χ3n) is 4.15. The third-order valence-corrected chi connectivity index (χ3v) is 5.66. The minimum atomic E-state index is -0.0234. The second-order valence-electron chi connectivity index (χ2n) is 6.94. The minimum absolute atomic E-state index is 0.0234. The summed E-state index contributed by atoms with van der Waals surface area (Å²) in [6.07, 6.45) is 2.42. The van der Waals surface area contributed by atoms with Crippen molar-refractivity contribution in [3.8, 4) is 6.07 Å². The summed E-state index contributed by atoms with van der Waals surface area (Å²) < 4.78 is 2.45. The molecule has 1 unspecified atom stereocenters. The molecule has 0 N–H and O–H groups in total. The predicted molar refractivity (Wildman–Crippen MR) is 88.5 cm³/mol. The molecule has 110 valence electrons. The Bertz CT molecular complexity index is 725. The van der Waals surface area contributed by atoms with Gasteiger partial charge in [-0.3, -0.25) is 0 Å². The molecule has 0 bridgehead atoms. The molecule has 1 saturated heterocycles. The Morgan fingerprint density at radius 1 is 1.38 bits per heavy atom. The van der Waals surface area contributed by atoms with E-state index in [-0.39, 0.29) is 10.3 Å². The molecule has 1 fully saturated rings. The van der Waals surface area contributed by atoms with Gasteiger partial charge in [0.1, 0.15) is 5.82 Å². The minimum Gasteiger partial charge on any atom is -0.321 e. The van der Waals surface area contributed by atoms with Gasteiger partial charge in [0.15, 0.2) is 0 Å². The zero-order valence-corrected chi connectivity index (χ0v) is 13.9. The van der Waals surface area contributed by atoms with Crippen LogP contribution in [0.4, 0.5) is 0 Å². The van der Waals surface area contributed by atoms with Crippen molar-refractivity contribution < 1.29 is 0 Å². The highest BCUT2D eigenvalue weighted by Crippen LogP contribution is 2.47. The average Bonchev–Trinajstić information content (AvgIpc) is 3.01. The van der Waals surface area contributed by atoms with E-state index in [1.54, 1.807) is 0 Å². The van der Waals surface area contributed by atoms with Crippen LogP contribution in [0.25, 0.3) is 11.0 Å². The molecule has 0 saturated carbocycles. The smallest absolute Gasteiger partial charge is 0.126 e. The fourth-order valence-electron chi connectivity index (χ4n) is 3.14. The van der Waals surface area contributed by atoms with Gasteiger partial charge in [0, 0.05) is 5.54 Å². The molecule has 0 amide bonds. The SMILES string of the molecule is CC1(c2nc3cc(C#N)ccc3n2C(C)(C)C)CCCS1. The molecule has 1 atom stereocenters. The summed E-state index contributed by atoms with van der Waals surface area (Å²) in [5.41, 5.74) is 2.72. The van der Waals surface area contributed by atoms with Crippen LogP contribution in [0.15, 0.2) is 18.2 Å². The number of aromatic nitrogens is 2. The Balaban J connectivity index is 2.30. The molecule has 0 aliphatic carbocycles. The molecule has 1 aromatic carbocycles. The maximum absolute atomic E-state index is 9.11. The van der Waals surface area contributed by atoms with E-state index in [2.05, 4.69) is 38.3 Å². The lowest BCUT2D eigenvalue weighted by Gasteiger charge is -2.31. The predicted octanol–water partition coefficient (Wildman–Crippen LogP) is 4.41. The fraction of sp³-hybridized carbons (Fsp3) is 0.529. The maximum Gasteiger partial charge on any atom is 0.126 e. The van der Waals surface area contributed by atoms with Crippen molar-refractivity contribution >= 4 is 22.8 Å². The fourth-order valence-corrected chi connectivity index (χ4v) is 4.43. The van der Waals surface area contributed by atoms with Crippen molar-refractivity contribution in [2.24, 2.45) is 0 Å². The van der Waals surface area contributed by atoms with E-state index in [4.69, 9.17) is 10.2 Å². The lowest BCUT2D eigenvalue weighted by molar-refractivity contribution is 0.377. The van der Waals surface area contributed by atoms with Crippen molar-refractivity contribution in [1.82, 2.24) is 9.55 Å². The molecule has 3 nitrogen and oxygen atoms in total. The largest absolute Gasteiger partial charge is 0.321 e. The van der Waals surface area contributed by atoms with Gasteiger partial charge < -0.3 is 4.57 Å². The number of thioether (sulfide) groups is 1. The number of imidazole rings is 1. The van der Waals surface area contributed by atoms with E-state index in [9.17, 15) is 0 Å². The zero-order valence-electron chi connectivity index (χ0n) is 13.1. The van der Waals surface area contributed by atoms with E-state index in [1.165, 1.54) is 18.6 Å². The van der Waals surface area contributed by atoms with Gasteiger partial charge in [0.05, 0.1) is 27.4 Å². The molecule has 1 aliphatic rings. The van der Waals surface area contributed by atoms with Crippen molar-refractivity contribution in [3.63, 3.8) is 0 Å². The van der Waals surface area contributed by atoms with E-state index >= 15 is 0 Å². The normalized spacial score (nSPS) is 22.6. The van der Waals surface area contributed by atoms with Crippen LogP contribution in [0.1, 0.15) is 51.9 Å². The Morgan fingerprint density at radius 2 is 2.14 bits per heavy atom. The van der Waals surface area contributed by atoms with Gasteiger partial charge in [-0.25, -0.2) is 4.98 Å². The lowest BCUT2D eigenvalue weighted by Crippen LogP contribution is -2.29. The van der Waals surface area contributed by atoms with Gasteiger partial charge in [0.25, 0.3) is 0 Å². The quantitative estimate of drug-likeness (QED) is 0.783. The summed E-state index contributed by atoms with van der Waals surface area (Å²) in [6, 6.07) is 8.05. The Morgan fingerprint density at radius 3 is 2.71 bits per heavy atom. The number of fused-ring (bicyclic) bond motifs is 1. The molecule has 0 spiro atoms. The van der Waals surface area contributed by atoms with Crippen LogP contribution in [0.3, 0.4) is 0 Å². The first kappa shape index (κ1) is 14.5. The van der Waals surface area contributed by atoms with Crippen LogP contribution >= 0.6 is 11.8 Å². The highest BCUT2D eigenvalue weighted by molar-refractivity contribution is 8.00. The molecular weight excluding hydrogens is 278 g/mol. The molecule has 21 heavy (non-hydrogen) atoms. The second-order valence-corrected chi connectivity index (χ2v) is 8.54. The van der Waals surface area contributed by atoms with E-state index in [0.29, 0.717) is 5.56 Å². The van der Waals surface area contributed by atoms with Crippen molar-refractivity contribution in [2.75, 3.05) is 5.75 Å². The highest BCUT2D eigenvalue weighted by atomic mass is 32.2. The molecule has 1 aliphatic heterocycles. The molecule has 1 aromatic heterocycles. The lowest BCUT2D eigenvalue weighted by atomic mass is 10.0. The summed E-state index contributed by atoms with van der Waals surface area (Å²) in [4.78, 5) is 4.93. The standard InChI is InChI=1S/C17H21N3S/c1-16(2,3)20-14-7-6-12(11-18)10-13(14)19-15(20)17(4)8-5-9-21-17/h6-7,10H,5,8-9H2,1-4H3. The van der Waals surface area contributed by atoms with Crippen molar-refractivity contribution in [1.29, 1.82) is 5.26 Å². The number of nitrogens with zero attached hydrogens (tertiary/aromatic N) is 3. The zero-order chi connectivity index (χ0) is 15.3. The number of nitriles is 1. The maximum atomic E-state index is 9.11. The molecule has 3 rings (SSSR count).